The molecule has 0 radical (unpaired) electrons. The van der Waals surface area contributed by atoms with Gasteiger partial charge in [-0.1, -0.05) is 37.3 Å². The van der Waals surface area contributed by atoms with Crippen LogP contribution in [0.15, 0.2) is 35.3 Å². The summed E-state index contributed by atoms with van der Waals surface area (Å²) in [6, 6.07) is 10.1. The van der Waals surface area contributed by atoms with E-state index in [9.17, 15) is 8.42 Å². The fourth-order valence-corrected chi connectivity index (χ4v) is 4.36. The lowest BCUT2D eigenvalue weighted by Crippen LogP contribution is -2.42. The van der Waals surface area contributed by atoms with E-state index in [0.29, 0.717) is 51.3 Å². The van der Waals surface area contributed by atoms with Crippen molar-refractivity contribution in [1.29, 1.82) is 0 Å². The van der Waals surface area contributed by atoms with Gasteiger partial charge < -0.3 is 15.4 Å². The van der Waals surface area contributed by atoms with Crippen LogP contribution < -0.4 is 10.6 Å². The maximum atomic E-state index is 11.8. The van der Waals surface area contributed by atoms with Crippen LogP contribution >= 0.6 is 0 Å². The fraction of sp³-hybridized carbons (Fsp3) is 0.632. The van der Waals surface area contributed by atoms with Gasteiger partial charge in [-0.3, -0.25) is 4.99 Å². The normalized spacial score (nSPS) is 18.4. The zero-order valence-electron chi connectivity index (χ0n) is 16.4. The average molecular weight is 397 g/mol. The quantitative estimate of drug-likeness (QED) is 0.462. The number of aliphatic imine (C=N–C) groups is 1. The summed E-state index contributed by atoms with van der Waals surface area (Å²) in [5, 5.41) is 6.41. The largest absolute Gasteiger partial charge is 0.376 e. The van der Waals surface area contributed by atoms with E-state index in [1.807, 2.05) is 25.1 Å². The zero-order chi connectivity index (χ0) is 19.5. The summed E-state index contributed by atoms with van der Waals surface area (Å²) in [7, 11) is -3.04. The SMILES string of the molecule is CCNC(=NCC(C)COCc1ccccc1)NCCN1CCCS1(=O)=O. The highest BCUT2D eigenvalue weighted by molar-refractivity contribution is 7.89. The van der Waals surface area contributed by atoms with Crippen LogP contribution in [0.2, 0.25) is 0 Å². The summed E-state index contributed by atoms with van der Waals surface area (Å²) in [6.07, 6.45) is 0.719. The molecule has 2 rings (SSSR count). The van der Waals surface area contributed by atoms with Gasteiger partial charge in [0.15, 0.2) is 5.96 Å². The summed E-state index contributed by atoms with van der Waals surface area (Å²) >= 11 is 0. The van der Waals surface area contributed by atoms with Gasteiger partial charge in [0, 0.05) is 32.7 Å². The Labute approximate surface area is 163 Å². The van der Waals surface area contributed by atoms with E-state index in [1.165, 1.54) is 5.56 Å². The molecule has 0 aliphatic carbocycles. The maximum Gasteiger partial charge on any atom is 0.214 e. The van der Waals surface area contributed by atoms with E-state index < -0.39 is 10.0 Å². The molecule has 0 saturated carbocycles. The number of nitrogens with one attached hydrogen (secondary N) is 2. The molecule has 2 N–H and O–H groups in total. The summed E-state index contributed by atoms with van der Waals surface area (Å²) in [4.78, 5) is 4.59. The number of nitrogens with zero attached hydrogens (tertiary/aromatic N) is 2. The van der Waals surface area contributed by atoms with Gasteiger partial charge >= 0.3 is 0 Å². The van der Waals surface area contributed by atoms with Gasteiger partial charge in [0.05, 0.1) is 19.0 Å². The van der Waals surface area contributed by atoms with Crippen molar-refractivity contribution >= 4 is 16.0 Å². The average Bonchev–Trinajstić information content (AvgIpc) is 2.99. The van der Waals surface area contributed by atoms with Crippen molar-refractivity contribution in [2.75, 3.05) is 45.1 Å². The Bertz CT molecular complexity index is 679. The standard InChI is InChI=1S/C19H32N4O3S/c1-3-20-19(21-10-12-23-11-7-13-27(23,24)25)22-14-17(2)15-26-16-18-8-5-4-6-9-18/h4-6,8-9,17H,3,7,10-16H2,1-2H3,(H2,20,21,22). The predicted octanol–water partition coefficient (Wildman–Crippen LogP) is 1.43. The van der Waals surface area contributed by atoms with Gasteiger partial charge in [0.25, 0.3) is 0 Å². The van der Waals surface area contributed by atoms with Crippen molar-refractivity contribution < 1.29 is 13.2 Å². The summed E-state index contributed by atoms with van der Waals surface area (Å²) in [5.74, 6) is 1.27. The van der Waals surface area contributed by atoms with Crippen molar-refractivity contribution in [3.63, 3.8) is 0 Å². The second-order valence-corrected chi connectivity index (χ2v) is 8.91. The first-order valence-electron chi connectivity index (χ1n) is 9.63. The van der Waals surface area contributed by atoms with E-state index in [1.54, 1.807) is 4.31 Å². The number of sulfonamides is 1. The zero-order valence-corrected chi connectivity index (χ0v) is 17.2. The second kappa shape index (κ2) is 11.3. The molecule has 8 heteroatoms. The molecule has 152 valence electrons. The molecule has 0 spiro atoms. The van der Waals surface area contributed by atoms with Crippen LogP contribution in [0.25, 0.3) is 0 Å². The molecule has 1 unspecified atom stereocenters. The fourth-order valence-electron chi connectivity index (χ4n) is 2.84. The monoisotopic (exact) mass is 396 g/mol. The minimum Gasteiger partial charge on any atom is -0.376 e. The van der Waals surface area contributed by atoms with E-state index >= 15 is 0 Å². The van der Waals surface area contributed by atoms with Crippen LogP contribution in [0.5, 0.6) is 0 Å². The highest BCUT2D eigenvalue weighted by Gasteiger charge is 2.27. The Balaban J connectivity index is 1.70. The smallest absolute Gasteiger partial charge is 0.214 e. The topological polar surface area (TPSA) is 83.0 Å². The van der Waals surface area contributed by atoms with Crippen LogP contribution in [0.4, 0.5) is 0 Å². The minimum absolute atomic E-state index is 0.266. The van der Waals surface area contributed by atoms with Crippen LogP contribution in [-0.4, -0.2) is 63.8 Å². The first kappa shape index (κ1) is 21.7. The van der Waals surface area contributed by atoms with Crippen molar-refractivity contribution in [3.05, 3.63) is 35.9 Å². The van der Waals surface area contributed by atoms with Gasteiger partial charge in [0.2, 0.25) is 10.0 Å². The molecule has 0 bridgehead atoms. The molecule has 1 aliphatic rings. The Hall–Kier alpha value is -1.64. The van der Waals surface area contributed by atoms with Gasteiger partial charge in [-0.15, -0.1) is 0 Å². The number of rotatable bonds is 10. The van der Waals surface area contributed by atoms with Gasteiger partial charge in [0.1, 0.15) is 0 Å². The molecule has 1 heterocycles. The second-order valence-electron chi connectivity index (χ2n) is 6.82. The third-order valence-electron chi connectivity index (χ3n) is 4.28. The first-order chi connectivity index (χ1) is 13.0. The van der Waals surface area contributed by atoms with Crippen molar-refractivity contribution in [2.45, 2.75) is 26.9 Å². The molecular weight excluding hydrogens is 364 g/mol. The van der Waals surface area contributed by atoms with E-state index in [0.717, 1.165) is 13.0 Å². The van der Waals surface area contributed by atoms with Gasteiger partial charge in [-0.2, -0.15) is 0 Å². The Morgan fingerprint density at radius 2 is 2.07 bits per heavy atom. The first-order valence-corrected chi connectivity index (χ1v) is 11.2. The molecule has 1 saturated heterocycles. The van der Waals surface area contributed by atoms with E-state index in [4.69, 9.17) is 4.74 Å². The molecule has 7 nitrogen and oxygen atoms in total. The molecule has 1 atom stereocenters. The van der Waals surface area contributed by atoms with Crippen LogP contribution in [0, 0.1) is 5.92 Å². The van der Waals surface area contributed by atoms with Crippen molar-refractivity contribution in [2.24, 2.45) is 10.9 Å². The number of guanidine groups is 1. The van der Waals surface area contributed by atoms with E-state index in [-0.39, 0.29) is 5.75 Å². The summed E-state index contributed by atoms with van der Waals surface area (Å²) < 4.78 is 30.9. The van der Waals surface area contributed by atoms with Crippen LogP contribution in [0.3, 0.4) is 0 Å². The molecule has 1 aromatic rings. The lowest BCUT2D eigenvalue weighted by Gasteiger charge is -2.17. The van der Waals surface area contributed by atoms with Crippen LogP contribution in [-0.2, 0) is 21.4 Å². The predicted molar refractivity (Wildman–Crippen MR) is 109 cm³/mol. The molecule has 0 aromatic heterocycles. The molecular formula is C19H32N4O3S. The number of benzene rings is 1. The Morgan fingerprint density at radius 3 is 2.74 bits per heavy atom. The third kappa shape index (κ3) is 7.86. The van der Waals surface area contributed by atoms with Crippen molar-refractivity contribution in [3.8, 4) is 0 Å². The summed E-state index contributed by atoms with van der Waals surface area (Å²) in [5.41, 5.74) is 1.17. The lowest BCUT2D eigenvalue weighted by molar-refractivity contribution is 0.0945. The maximum absolute atomic E-state index is 11.8. The van der Waals surface area contributed by atoms with Crippen LogP contribution in [0.1, 0.15) is 25.8 Å². The molecule has 1 aromatic carbocycles. The number of ether oxygens (including phenoxy) is 1. The Kier molecular flexibility index (Phi) is 9.03. The highest BCUT2D eigenvalue weighted by atomic mass is 32.2. The van der Waals surface area contributed by atoms with E-state index in [2.05, 4.69) is 34.7 Å². The van der Waals surface area contributed by atoms with Crippen molar-refractivity contribution in [1.82, 2.24) is 14.9 Å². The number of hydrogen-bond acceptors (Lipinski definition) is 4. The number of hydrogen-bond donors (Lipinski definition) is 2. The van der Waals surface area contributed by atoms with Gasteiger partial charge in [-0.05, 0) is 24.8 Å². The summed E-state index contributed by atoms with van der Waals surface area (Å²) in [6.45, 7) is 8.41. The third-order valence-corrected chi connectivity index (χ3v) is 6.23. The highest BCUT2D eigenvalue weighted by Crippen LogP contribution is 2.11. The van der Waals surface area contributed by atoms with Gasteiger partial charge in [-0.25, -0.2) is 12.7 Å². The molecule has 1 aliphatic heterocycles. The lowest BCUT2D eigenvalue weighted by atomic mass is 10.2. The minimum atomic E-state index is -3.04. The Morgan fingerprint density at radius 1 is 1.30 bits per heavy atom. The molecule has 1 fully saturated rings. The molecule has 0 amide bonds. The molecule has 27 heavy (non-hydrogen) atoms.